The number of methoxy groups -OCH3 is 1. The van der Waals surface area contributed by atoms with Gasteiger partial charge < -0.3 is 10.1 Å². The summed E-state index contributed by atoms with van der Waals surface area (Å²) in [5, 5.41) is 3.72. The number of carbonyl (C=O) groups is 1. The number of rotatable bonds is 4. The van der Waals surface area contributed by atoms with Gasteiger partial charge in [-0.2, -0.15) is 0 Å². The highest BCUT2D eigenvalue weighted by Gasteiger charge is 2.02. The molecule has 1 amide bonds. The number of hydrogen-bond donors (Lipinski definition) is 1. The summed E-state index contributed by atoms with van der Waals surface area (Å²) >= 11 is 11.8. The molecular formula is C18H15Cl2NO2. The molecule has 0 atom stereocenters. The second-order valence-electron chi connectivity index (χ2n) is 4.73. The Kier molecular flexibility index (Phi) is 6.34. The summed E-state index contributed by atoms with van der Waals surface area (Å²) in [6.07, 6.45) is 0.667. The smallest absolute Gasteiger partial charge is 0.296 e. The van der Waals surface area contributed by atoms with Crippen molar-refractivity contribution in [2.24, 2.45) is 0 Å². The van der Waals surface area contributed by atoms with Gasteiger partial charge in [-0.05, 0) is 36.2 Å². The SMILES string of the molecule is COc1ccccc1CCNC(=O)C#Cc1cc(Cl)cc(Cl)c1. The van der Waals surface area contributed by atoms with E-state index in [9.17, 15) is 4.79 Å². The van der Waals surface area contributed by atoms with E-state index in [0.717, 1.165) is 11.3 Å². The van der Waals surface area contributed by atoms with Gasteiger partial charge in [0.1, 0.15) is 5.75 Å². The molecule has 2 aromatic carbocycles. The highest BCUT2D eigenvalue weighted by molar-refractivity contribution is 6.34. The molecule has 0 heterocycles. The van der Waals surface area contributed by atoms with Gasteiger partial charge in [0.15, 0.2) is 0 Å². The minimum absolute atomic E-state index is 0.351. The maximum Gasteiger partial charge on any atom is 0.296 e. The summed E-state index contributed by atoms with van der Waals surface area (Å²) in [5.41, 5.74) is 1.63. The van der Waals surface area contributed by atoms with Crippen molar-refractivity contribution in [3.8, 4) is 17.6 Å². The number of ether oxygens (including phenoxy) is 1. The van der Waals surface area contributed by atoms with E-state index in [1.165, 1.54) is 0 Å². The van der Waals surface area contributed by atoms with Gasteiger partial charge in [-0.15, -0.1) is 0 Å². The molecule has 0 aliphatic carbocycles. The molecule has 0 saturated carbocycles. The Morgan fingerprint density at radius 2 is 1.87 bits per heavy atom. The van der Waals surface area contributed by atoms with Crippen LogP contribution in [0.5, 0.6) is 5.75 Å². The zero-order chi connectivity index (χ0) is 16.7. The van der Waals surface area contributed by atoms with E-state index in [4.69, 9.17) is 27.9 Å². The molecule has 0 spiro atoms. The molecule has 0 saturated heterocycles. The third-order valence-electron chi connectivity index (χ3n) is 3.06. The quantitative estimate of drug-likeness (QED) is 0.856. The second kappa shape index (κ2) is 8.47. The molecule has 0 bridgehead atoms. The Morgan fingerprint density at radius 3 is 2.57 bits per heavy atom. The van der Waals surface area contributed by atoms with Gasteiger partial charge in [0.2, 0.25) is 0 Å². The van der Waals surface area contributed by atoms with Gasteiger partial charge >= 0.3 is 0 Å². The summed E-state index contributed by atoms with van der Waals surface area (Å²) in [6, 6.07) is 12.6. The average Bonchev–Trinajstić information content (AvgIpc) is 2.52. The van der Waals surface area contributed by atoms with E-state index in [1.54, 1.807) is 25.3 Å². The summed E-state index contributed by atoms with van der Waals surface area (Å²) < 4.78 is 5.26. The normalized spacial score (nSPS) is 9.70. The van der Waals surface area contributed by atoms with Crippen molar-refractivity contribution in [3.63, 3.8) is 0 Å². The van der Waals surface area contributed by atoms with E-state index in [0.29, 0.717) is 28.6 Å². The van der Waals surface area contributed by atoms with E-state index >= 15 is 0 Å². The number of carbonyl (C=O) groups excluding carboxylic acids is 1. The minimum atomic E-state index is -0.351. The zero-order valence-corrected chi connectivity index (χ0v) is 14.0. The number of nitrogens with one attached hydrogen (secondary N) is 1. The van der Waals surface area contributed by atoms with Gasteiger partial charge in [-0.3, -0.25) is 4.79 Å². The molecule has 0 radical (unpaired) electrons. The van der Waals surface area contributed by atoms with Crippen molar-refractivity contribution >= 4 is 29.1 Å². The number of para-hydroxylation sites is 1. The van der Waals surface area contributed by atoms with Crippen molar-refractivity contribution in [1.29, 1.82) is 0 Å². The van der Waals surface area contributed by atoms with Gasteiger partial charge in [-0.1, -0.05) is 47.3 Å². The van der Waals surface area contributed by atoms with Crippen LogP contribution < -0.4 is 10.1 Å². The zero-order valence-electron chi connectivity index (χ0n) is 12.5. The van der Waals surface area contributed by atoms with Crippen LogP contribution in [0.15, 0.2) is 42.5 Å². The fraction of sp³-hybridized carbons (Fsp3) is 0.167. The standard InChI is InChI=1S/C18H15Cl2NO2/c1-23-17-5-3-2-4-14(17)8-9-21-18(22)7-6-13-10-15(19)12-16(20)11-13/h2-5,10-12H,8-9H2,1H3,(H,21,22). The van der Waals surface area contributed by atoms with E-state index in [2.05, 4.69) is 17.2 Å². The van der Waals surface area contributed by atoms with Crippen molar-refractivity contribution in [2.45, 2.75) is 6.42 Å². The highest BCUT2D eigenvalue weighted by atomic mass is 35.5. The fourth-order valence-electron chi connectivity index (χ4n) is 2.02. The van der Waals surface area contributed by atoms with Crippen LogP contribution in [-0.2, 0) is 11.2 Å². The van der Waals surface area contributed by atoms with Crippen LogP contribution in [0.4, 0.5) is 0 Å². The van der Waals surface area contributed by atoms with Crippen LogP contribution in [0.25, 0.3) is 0 Å². The highest BCUT2D eigenvalue weighted by Crippen LogP contribution is 2.18. The number of benzene rings is 2. The van der Waals surface area contributed by atoms with Gasteiger partial charge in [-0.25, -0.2) is 0 Å². The number of halogens is 2. The Hall–Kier alpha value is -2.15. The molecule has 2 aromatic rings. The topological polar surface area (TPSA) is 38.3 Å². The molecule has 118 valence electrons. The first-order valence-corrected chi connectivity index (χ1v) is 7.72. The molecule has 23 heavy (non-hydrogen) atoms. The maximum absolute atomic E-state index is 11.7. The van der Waals surface area contributed by atoms with Crippen molar-refractivity contribution in [2.75, 3.05) is 13.7 Å². The van der Waals surface area contributed by atoms with Gasteiger partial charge in [0.25, 0.3) is 5.91 Å². The lowest BCUT2D eigenvalue weighted by molar-refractivity contribution is -0.115. The lowest BCUT2D eigenvalue weighted by Gasteiger charge is -2.07. The second-order valence-corrected chi connectivity index (χ2v) is 5.60. The lowest BCUT2D eigenvalue weighted by atomic mass is 10.1. The van der Waals surface area contributed by atoms with E-state index < -0.39 is 0 Å². The largest absolute Gasteiger partial charge is 0.496 e. The summed E-state index contributed by atoms with van der Waals surface area (Å²) in [7, 11) is 1.62. The first-order chi connectivity index (χ1) is 11.1. The Morgan fingerprint density at radius 1 is 1.17 bits per heavy atom. The molecule has 2 rings (SSSR count). The molecule has 0 aliphatic rings. The molecule has 5 heteroatoms. The van der Waals surface area contributed by atoms with Crippen molar-refractivity contribution in [1.82, 2.24) is 5.32 Å². The predicted molar refractivity (Wildman–Crippen MR) is 93.0 cm³/mol. The molecule has 0 fully saturated rings. The van der Waals surface area contributed by atoms with Crippen LogP contribution in [0.2, 0.25) is 10.0 Å². The fourth-order valence-corrected chi connectivity index (χ4v) is 2.55. The minimum Gasteiger partial charge on any atom is -0.496 e. The first kappa shape index (κ1) is 17.2. The van der Waals surface area contributed by atoms with Gasteiger partial charge in [0, 0.05) is 28.1 Å². The first-order valence-electron chi connectivity index (χ1n) is 6.96. The number of hydrogen-bond acceptors (Lipinski definition) is 2. The molecular weight excluding hydrogens is 333 g/mol. The van der Waals surface area contributed by atoms with Crippen molar-refractivity contribution in [3.05, 3.63) is 63.6 Å². The number of amides is 1. The molecule has 3 nitrogen and oxygen atoms in total. The Balaban J connectivity index is 1.90. The predicted octanol–water partition coefficient (Wildman–Crippen LogP) is 3.71. The molecule has 0 aliphatic heterocycles. The Labute approximate surface area is 145 Å². The van der Waals surface area contributed by atoms with Gasteiger partial charge in [0.05, 0.1) is 7.11 Å². The molecule has 1 N–H and O–H groups in total. The van der Waals surface area contributed by atoms with Crippen LogP contribution in [-0.4, -0.2) is 19.6 Å². The van der Waals surface area contributed by atoms with E-state index in [1.807, 2.05) is 24.3 Å². The van der Waals surface area contributed by atoms with Crippen LogP contribution in [0.1, 0.15) is 11.1 Å². The summed E-state index contributed by atoms with van der Waals surface area (Å²) in [4.78, 5) is 11.7. The molecule has 0 aromatic heterocycles. The third-order valence-corrected chi connectivity index (χ3v) is 3.49. The maximum atomic E-state index is 11.7. The van der Waals surface area contributed by atoms with E-state index in [-0.39, 0.29) is 5.91 Å². The van der Waals surface area contributed by atoms with Crippen LogP contribution >= 0.6 is 23.2 Å². The third kappa shape index (κ3) is 5.52. The monoisotopic (exact) mass is 347 g/mol. The molecule has 0 unspecified atom stereocenters. The van der Waals surface area contributed by atoms with Crippen LogP contribution in [0.3, 0.4) is 0 Å². The van der Waals surface area contributed by atoms with Crippen molar-refractivity contribution < 1.29 is 9.53 Å². The average molecular weight is 348 g/mol. The Bertz CT molecular complexity index is 743. The summed E-state index contributed by atoms with van der Waals surface area (Å²) in [6.45, 7) is 0.476. The summed E-state index contributed by atoms with van der Waals surface area (Å²) in [5.74, 6) is 5.72. The van der Waals surface area contributed by atoms with Crippen LogP contribution in [0, 0.1) is 11.8 Å². The lowest BCUT2D eigenvalue weighted by Crippen LogP contribution is -2.24.